The predicted molar refractivity (Wildman–Crippen MR) is 61.6 cm³/mol. The number of halogens is 3. The van der Waals surface area contributed by atoms with Gasteiger partial charge in [-0.1, -0.05) is 12.1 Å². The lowest BCUT2D eigenvalue weighted by atomic mass is 10.1. The standard InChI is InChI=1S/C12H10F3N2O/c1-8-6-7-16-11(17(8)18)9-2-4-10(5-3-9)12(13,14)15/h2-7,11H,1H3/q-1. The molecule has 1 unspecified atom stereocenters. The third-order valence-corrected chi connectivity index (χ3v) is 2.65. The normalized spacial score (nSPS) is 19.9. The van der Waals surface area contributed by atoms with Crippen molar-refractivity contribution < 1.29 is 13.2 Å². The topological polar surface area (TPSA) is 38.7 Å². The van der Waals surface area contributed by atoms with Gasteiger partial charge in [-0.25, -0.2) is 0 Å². The molecule has 0 saturated heterocycles. The predicted octanol–water partition coefficient (Wildman–Crippen LogP) is 3.49. The molecule has 96 valence electrons. The van der Waals surface area contributed by atoms with Crippen LogP contribution in [0, 0.1) is 5.21 Å². The maximum atomic E-state index is 12.4. The Balaban J connectivity index is 2.26. The molecule has 0 aromatic heterocycles. The first-order valence-electron chi connectivity index (χ1n) is 5.23. The van der Waals surface area contributed by atoms with Gasteiger partial charge >= 0.3 is 6.18 Å². The molecule has 0 saturated carbocycles. The van der Waals surface area contributed by atoms with E-state index >= 15 is 0 Å². The van der Waals surface area contributed by atoms with E-state index in [2.05, 4.69) is 4.99 Å². The summed E-state index contributed by atoms with van der Waals surface area (Å²) in [5, 5.41) is 12.4. The first-order chi connectivity index (χ1) is 8.39. The van der Waals surface area contributed by atoms with Crippen molar-refractivity contribution in [1.29, 1.82) is 0 Å². The van der Waals surface area contributed by atoms with Crippen molar-refractivity contribution in [3.8, 4) is 0 Å². The summed E-state index contributed by atoms with van der Waals surface area (Å²) in [5.74, 6) is 0. The Bertz CT molecular complexity index is 491. The molecule has 0 fully saturated rings. The van der Waals surface area contributed by atoms with E-state index in [0.717, 1.165) is 12.1 Å². The van der Waals surface area contributed by atoms with E-state index in [-0.39, 0.29) is 0 Å². The summed E-state index contributed by atoms with van der Waals surface area (Å²) in [6.45, 7) is 1.62. The summed E-state index contributed by atoms with van der Waals surface area (Å²) in [4.78, 5) is 3.95. The Kier molecular flexibility index (Phi) is 3.13. The smallest absolute Gasteiger partial charge is 0.416 e. The number of rotatable bonds is 1. The van der Waals surface area contributed by atoms with E-state index in [1.54, 1.807) is 13.0 Å². The zero-order valence-electron chi connectivity index (χ0n) is 9.48. The molecule has 1 atom stereocenters. The van der Waals surface area contributed by atoms with Crippen LogP contribution in [0.2, 0.25) is 0 Å². The Morgan fingerprint density at radius 2 is 1.83 bits per heavy atom. The molecule has 6 heteroatoms. The van der Waals surface area contributed by atoms with Crippen molar-refractivity contribution in [2.24, 2.45) is 4.99 Å². The number of hydroxylamine groups is 2. The molecule has 0 bridgehead atoms. The van der Waals surface area contributed by atoms with Crippen LogP contribution in [-0.2, 0) is 6.18 Å². The second-order valence-electron chi connectivity index (χ2n) is 3.93. The average Bonchev–Trinajstić information content (AvgIpc) is 2.32. The lowest BCUT2D eigenvalue weighted by Gasteiger charge is -2.39. The second-order valence-corrected chi connectivity index (χ2v) is 3.93. The highest BCUT2D eigenvalue weighted by Gasteiger charge is 2.30. The monoisotopic (exact) mass is 255 g/mol. The zero-order chi connectivity index (χ0) is 13.3. The minimum Gasteiger partial charge on any atom is -0.757 e. The van der Waals surface area contributed by atoms with Gasteiger partial charge in [0.25, 0.3) is 0 Å². The van der Waals surface area contributed by atoms with Crippen LogP contribution in [0.15, 0.2) is 41.0 Å². The average molecular weight is 255 g/mol. The molecule has 1 aliphatic rings. The quantitative estimate of drug-likeness (QED) is 0.770. The van der Waals surface area contributed by atoms with Crippen LogP contribution in [0.25, 0.3) is 0 Å². The van der Waals surface area contributed by atoms with Crippen LogP contribution >= 0.6 is 0 Å². The lowest BCUT2D eigenvalue weighted by molar-refractivity contribution is -0.137. The van der Waals surface area contributed by atoms with Crippen molar-refractivity contribution in [2.45, 2.75) is 19.3 Å². The molecule has 1 aromatic carbocycles. The Labute approximate surface area is 102 Å². The summed E-state index contributed by atoms with van der Waals surface area (Å²) in [6.07, 6.45) is -2.15. The molecule has 1 aromatic rings. The number of allylic oxidation sites excluding steroid dienone is 2. The molecule has 0 radical (unpaired) electrons. The summed E-state index contributed by atoms with van der Waals surface area (Å²) in [6, 6.07) is 4.45. The maximum absolute atomic E-state index is 12.4. The third-order valence-electron chi connectivity index (χ3n) is 2.65. The minimum atomic E-state index is -4.37. The molecule has 1 heterocycles. The van der Waals surface area contributed by atoms with Crippen molar-refractivity contribution in [3.63, 3.8) is 0 Å². The van der Waals surface area contributed by atoms with Gasteiger partial charge in [-0.15, -0.1) is 0 Å². The first-order valence-corrected chi connectivity index (χ1v) is 5.23. The van der Waals surface area contributed by atoms with Crippen LogP contribution in [0.3, 0.4) is 0 Å². The SMILES string of the molecule is CC1=CC=NC(c2ccc(C(F)(F)F)cc2)N1[O-]. The van der Waals surface area contributed by atoms with Gasteiger partial charge in [0.2, 0.25) is 0 Å². The Morgan fingerprint density at radius 3 is 2.39 bits per heavy atom. The molecule has 3 nitrogen and oxygen atoms in total. The molecule has 18 heavy (non-hydrogen) atoms. The highest BCUT2D eigenvalue weighted by atomic mass is 19.4. The summed E-state index contributed by atoms with van der Waals surface area (Å²) in [5.41, 5.74) is 0.160. The highest BCUT2D eigenvalue weighted by molar-refractivity contribution is 5.73. The molecule has 2 rings (SSSR count). The van der Waals surface area contributed by atoms with Crippen LogP contribution in [0.1, 0.15) is 24.2 Å². The minimum absolute atomic E-state index is 0.432. The second kappa shape index (κ2) is 4.45. The van der Waals surface area contributed by atoms with E-state index < -0.39 is 17.9 Å². The summed E-state index contributed by atoms with van der Waals surface area (Å²) >= 11 is 0. The molecular weight excluding hydrogens is 245 g/mol. The van der Waals surface area contributed by atoms with Crippen LogP contribution in [0.4, 0.5) is 13.2 Å². The van der Waals surface area contributed by atoms with Crippen molar-refractivity contribution in [1.82, 2.24) is 5.06 Å². The largest absolute Gasteiger partial charge is 0.757 e. The fourth-order valence-electron chi connectivity index (χ4n) is 1.63. The van der Waals surface area contributed by atoms with Crippen molar-refractivity contribution >= 4 is 6.21 Å². The number of nitrogens with zero attached hydrogens (tertiary/aromatic N) is 2. The number of hydrogen-bond acceptors (Lipinski definition) is 3. The molecule has 0 N–H and O–H groups in total. The number of alkyl halides is 3. The van der Waals surface area contributed by atoms with Gasteiger partial charge < -0.3 is 10.3 Å². The van der Waals surface area contributed by atoms with Gasteiger partial charge in [-0.3, -0.25) is 4.99 Å². The van der Waals surface area contributed by atoms with E-state index in [0.29, 0.717) is 16.3 Å². The lowest BCUT2D eigenvalue weighted by Crippen LogP contribution is -2.22. The molecule has 0 aliphatic carbocycles. The fourth-order valence-corrected chi connectivity index (χ4v) is 1.63. The van der Waals surface area contributed by atoms with Crippen molar-refractivity contribution in [3.05, 3.63) is 52.4 Å². The van der Waals surface area contributed by atoms with E-state index in [1.807, 2.05) is 0 Å². The van der Waals surface area contributed by atoms with E-state index in [1.165, 1.54) is 18.3 Å². The number of aliphatic imine (C=N–C) groups is 1. The zero-order valence-corrected chi connectivity index (χ0v) is 9.48. The van der Waals surface area contributed by atoms with E-state index in [4.69, 9.17) is 0 Å². The van der Waals surface area contributed by atoms with Gasteiger partial charge in [0.1, 0.15) is 6.17 Å². The molecule has 0 spiro atoms. The maximum Gasteiger partial charge on any atom is 0.416 e. The van der Waals surface area contributed by atoms with Crippen LogP contribution < -0.4 is 0 Å². The molecular formula is C12H10F3N2O-. The van der Waals surface area contributed by atoms with Crippen LogP contribution in [-0.4, -0.2) is 11.3 Å². The van der Waals surface area contributed by atoms with Gasteiger partial charge in [0, 0.05) is 11.9 Å². The number of benzene rings is 1. The highest BCUT2D eigenvalue weighted by Crippen LogP contribution is 2.32. The molecule has 0 amide bonds. The number of hydrogen-bond donors (Lipinski definition) is 0. The van der Waals surface area contributed by atoms with Crippen LogP contribution in [0.5, 0.6) is 0 Å². The van der Waals surface area contributed by atoms with E-state index in [9.17, 15) is 18.4 Å². The Hall–Kier alpha value is -1.82. The Morgan fingerprint density at radius 1 is 1.22 bits per heavy atom. The first kappa shape index (κ1) is 12.6. The molecule has 1 aliphatic heterocycles. The third kappa shape index (κ3) is 2.38. The summed E-state index contributed by atoms with van der Waals surface area (Å²) in [7, 11) is 0. The van der Waals surface area contributed by atoms with Gasteiger partial charge in [-0.2, -0.15) is 13.2 Å². The van der Waals surface area contributed by atoms with Crippen molar-refractivity contribution in [2.75, 3.05) is 0 Å². The van der Waals surface area contributed by atoms with Gasteiger partial charge in [-0.05, 0) is 30.7 Å². The van der Waals surface area contributed by atoms with Gasteiger partial charge in [0.05, 0.1) is 5.56 Å². The van der Waals surface area contributed by atoms with Gasteiger partial charge in [0.15, 0.2) is 0 Å². The fraction of sp³-hybridized carbons (Fsp3) is 0.250. The summed E-state index contributed by atoms with van der Waals surface area (Å²) < 4.78 is 37.2.